The number of aryl methyl sites for hydroxylation is 1. The highest BCUT2D eigenvalue weighted by Gasteiger charge is 2.28. The molecule has 6 nitrogen and oxygen atoms in total. The van der Waals surface area contributed by atoms with Crippen LogP contribution in [0.25, 0.3) is 28.2 Å². The summed E-state index contributed by atoms with van der Waals surface area (Å²) in [6, 6.07) is 5.95. The van der Waals surface area contributed by atoms with Crippen molar-refractivity contribution in [3.05, 3.63) is 49.4 Å². The molecule has 0 saturated heterocycles. The zero-order chi connectivity index (χ0) is 26.8. The van der Waals surface area contributed by atoms with Gasteiger partial charge in [0.2, 0.25) is 0 Å². The van der Waals surface area contributed by atoms with Crippen molar-refractivity contribution >= 4 is 43.3 Å². The molecule has 36 heavy (non-hydrogen) atoms. The molecule has 0 spiro atoms. The molecular weight excluding hydrogens is 478 g/mol. The summed E-state index contributed by atoms with van der Waals surface area (Å²) in [5, 5.41) is 4.42. The summed E-state index contributed by atoms with van der Waals surface area (Å²) in [7, 11) is 0.168. The lowest BCUT2D eigenvalue weighted by molar-refractivity contribution is 0.0129. The Labute approximate surface area is 212 Å². The third-order valence-corrected chi connectivity index (χ3v) is 8.24. The van der Waals surface area contributed by atoms with Crippen LogP contribution in [0, 0.1) is 0 Å². The van der Waals surface area contributed by atoms with E-state index in [1.807, 2.05) is 48.2 Å². The molecule has 1 N–H and O–H groups in total. The standard InChI is InChI=1S/C23H26F2N6S.C2H6.C2H4/c1-6-32(4,5)22-20(29-19-11-15(9-10-31(19)22)27-14-7-8-14)21-28-16-12-18(23(2,24)25)26-13-17(16)30(21)3;2*1-2/h9-14,27H,4-8H2,1-3H3;1-2H3;1-2H2. The maximum absolute atomic E-state index is 13.8. The maximum atomic E-state index is 13.8. The first-order valence-electron chi connectivity index (χ1n) is 12.1. The summed E-state index contributed by atoms with van der Waals surface area (Å²) in [4.78, 5) is 13.6. The number of aromatic nitrogens is 5. The molecule has 4 heterocycles. The van der Waals surface area contributed by atoms with Crippen LogP contribution in [0.15, 0.2) is 48.8 Å². The van der Waals surface area contributed by atoms with E-state index in [9.17, 15) is 8.78 Å². The van der Waals surface area contributed by atoms with Crippen LogP contribution < -0.4 is 5.32 Å². The quantitative estimate of drug-likeness (QED) is 0.226. The first-order chi connectivity index (χ1) is 17.1. The van der Waals surface area contributed by atoms with Crippen molar-refractivity contribution in [2.24, 2.45) is 7.05 Å². The van der Waals surface area contributed by atoms with Gasteiger partial charge in [0.15, 0.2) is 5.82 Å². The minimum atomic E-state index is -3.03. The zero-order valence-electron chi connectivity index (χ0n) is 21.8. The number of alkyl halides is 2. The van der Waals surface area contributed by atoms with Crippen LogP contribution in [0.1, 0.15) is 46.2 Å². The molecule has 0 bridgehead atoms. The number of hydrogen-bond donors (Lipinski definition) is 1. The average molecular weight is 515 g/mol. The minimum Gasteiger partial charge on any atom is -0.382 e. The first kappa shape index (κ1) is 27.4. The highest BCUT2D eigenvalue weighted by Crippen LogP contribution is 2.41. The van der Waals surface area contributed by atoms with Gasteiger partial charge in [0.1, 0.15) is 17.0 Å². The van der Waals surface area contributed by atoms with E-state index in [1.165, 1.54) is 25.1 Å². The number of anilines is 1. The monoisotopic (exact) mass is 514 g/mol. The highest BCUT2D eigenvalue weighted by molar-refractivity contribution is 8.27. The Balaban J connectivity index is 0.000000861. The average Bonchev–Trinajstić information content (AvgIpc) is 3.50. The van der Waals surface area contributed by atoms with Gasteiger partial charge in [-0.2, -0.15) is 18.0 Å². The van der Waals surface area contributed by atoms with Crippen LogP contribution in [0.2, 0.25) is 0 Å². The number of imidazole rings is 2. The van der Waals surface area contributed by atoms with Crippen molar-refractivity contribution in [1.82, 2.24) is 23.9 Å². The second-order valence-electron chi connectivity index (χ2n) is 8.60. The molecule has 4 aromatic rings. The molecule has 194 valence electrons. The van der Waals surface area contributed by atoms with Gasteiger partial charge in [-0.15, -0.1) is 13.2 Å². The Kier molecular flexibility index (Phi) is 7.93. The Bertz CT molecular complexity index is 1470. The van der Waals surface area contributed by atoms with Gasteiger partial charge in [0.05, 0.1) is 22.3 Å². The summed E-state index contributed by atoms with van der Waals surface area (Å²) >= 11 is 0. The number of pyridine rings is 2. The fraction of sp³-hybridized carbons (Fsp3) is 0.370. The lowest BCUT2D eigenvalue weighted by Gasteiger charge is -2.14. The van der Waals surface area contributed by atoms with Crippen LogP contribution in [-0.4, -0.2) is 47.5 Å². The van der Waals surface area contributed by atoms with Crippen LogP contribution in [0.5, 0.6) is 0 Å². The van der Waals surface area contributed by atoms with E-state index in [1.54, 1.807) is 0 Å². The van der Waals surface area contributed by atoms with Gasteiger partial charge in [-0.3, -0.25) is 9.38 Å². The summed E-state index contributed by atoms with van der Waals surface area (Å²) in [5.74, 6) is 7.18. The van der Waals surface area contributed by atoms with E-state index in [4.69, 9.17) is 9.97 Å². The molecule has 0 unspecified atom stereocenters. The molecule has 1 aliphatic carbocycles. The maximum Gasteiger partial charge on any atom is 0.287 e. The van der Waals surface area contributed by atoms with Gasteiger partial charge in [-0.25, -0.2) is 9.97 Å². The molecule has 4 aromatic heterocycles. The lowest BCUT2D eigenvalue weighted by Crippen LogP contribution is -2.09. The Hall–Kier alpha value is -3.20. The first-order valence-corrected chi connectivity index (χ1v) is 14.2. The third kappa shape index (κ3) is 5.16. The molecule has 9 heteroatoms. The molecular formula is C27H36F2N6S. The fourth-order valence-corrected chi connectivity index (χ4v) is 5.20. The van der Waals surface area contributed by atoms with Crippen molar-refractivity contribution < 1.29 is 8.78 Å². The van der Waals surface area contributed by atoms with Crippen LogP contribution in [-0.2, 0) is 13.0 Å². The molecule has 5 rings (SSSR count). The van der Waals surface area contributed by atoms with Crippen LogP contribution in [0.4, 0.5) is 14.5 Å². The number of rotatable bonds is 6. The summed E-state index contributed by atoms with van der Waals surface area (Å²) < 4.78 is 31.5. The largest absolute Gasteiger partial charge is 0.382 e. The van der Waals surface area contributed by atoms with Crippen molar-refractivity contribution in [3.8, 4) is 11.5 Å². The highest BCUT2D eigenvalue weighted by atomic mass is 32.2. The van der Waals surface area contributed by atoms with Gasteiger partial charge >= 0.3 is 0 Å². The minimum absolute atomic E-state index is 0.302. The fourth-order valence-electron chi connectivity index (χ4n) is 3.81. The van der Waals surface area contributed by atoms with E-state index in [0.717, 1.165) is 29.0 Å². The van der Waals surface area contributed by atoms with E-state index in [-0.39, 0.29) is 5.69 Å². The van der Waals surface area contributed by atoms with Crippen molar-refractivity contribution in [1.29, 1.82) is 0 Å². The Morgan fingerprint density at radius 2 is 1.83 bits per heavy atom. The van der Waals surface area contributed by atoms with Crippen molar-refractivity contribution in [2.45, 2.75) is 57.5 Å². The van der Waals surface area contributed by atoms with E-state index in [0.29, 0.717) is 28.6 Å². The van der Waals surface area contributed by atoms with Gasteiger partial charge < -0.3 is 9.88 Å². The summed E-state index contributed by atoms with van der Waals surface area (Å²) in [5.41, 5.74) is 3.31. The van der Waals surface area contributed by atoms with Gasteiger partial charge in [-0.1, -0.05) is 32.5 Å². The summed E-state index contributed by atoms with van der Waals surface area (Å²) in [6.45, 7) is 12.9. The van der Waals surface area contributed by atoms with Gasteiger partial charge in [-0.05, 0) is 30.7 Å². The number of fused-ring (bicyclic) bond motifs is 2. The number of nitrogens with one attached hydrogen (secondary N) is 1. The molecule has 1 fully saturated rings. The van der Waals surface area contributed by atoms with Gasteiger partial charge in [0, 0.05) is 38.0 Å². The van der Waals surface area contributed by atoms with E-state index >= 15 is 0 Å². The lowest BCUT2D eigenvalue weighted by atomic mass is 10.2. The molecule has 0 aromatic carbocycles. The Morgan fingerprint density at radius 1 is 1.17 bits per heavy atom. The summed E-state index contributed by atoms with van der Waals surface area (Å²) in [6.07, 6.45) is 5.81. The molecule has 0 radical (unpaired) electrons. The zero-order valence-corrected chi connectivity index (χ0v) is 22.6. The third-order valence-electron chi connectivity index (χ3n) is 5.92. The van der Waals surface area contributed by atoms with Crippen molar-refractivity contribution in [2.75, 3.05) is 11.1 Å². The second-order valence-corrected chi connectivity index (χ2v) is 11.7. The Morgan fingerprint density at radius 3 is 2.42 bits per heavy atom. The predicted molar refractivity (Wildman–Crippen MR) is 152 cm³/mol. The van der Waals surface area contributed by atoms with Crippen molar-refractivity contribution in [3.63, 3.8) is 0 Å². The number of halogens is 2. The number of hydrogen-bond acceptors (Lipinski definition) is 4. The van der Waals surface area contributed by atoms with Gasteiger partial charge in [0.25, 0.3) is 5.92 Å². The van der Waals surface area contributed by atoms with E-state index < -0.39 is 15.1 Å². The SMILES string of the molecule is C=C.C=S(=C)(CC)c1c(-c2nc3cc(C(C)(F)F)ncc3n2C)nc2cc(NC3CC3)ccn12.CC. The van der Waals surface area contributed by atoms with Crippen LogP contribution in [0.3, 0.4) is 0 Å². The molecule has 1 aliphatic rings. The predicted octanol–water partition coefficient (Wildman–Crippen LogP) is 6.84. The number of nitrogens with zero attached hydrogens (tertiary/aromatic N) is 5. The van der Waals surface area contributed by atoms with E-state index in [2.05, 4.69) is 42.1 Å². The second kappa shape index (κ2) is 10.4. The van der Waals surface area contributed by atoms with Crippen LogP contribution >= 0.6 is 9.21 Å². The smallest absolute Gasteiger partial charge is 0.287 e. The molecule has 0 aliphatic heterocycles. The molecule has 0 atom stereocenters. The molecule has 0 amide bonds. The normalized spacial score (nSPS) is 13.6. The topological polar surface area (TPSA) is 60.0 Å². The molecule has 1 saturated carbocycles.